The number of benzene rings is 1. The van der Waals surface area contributed by atoms with Gasteiger partial charge in [-0.15, -0.1) is 0 Å². The molecule has 4 nitrogen and oxygen atoms in total. The normalized spacial score (nSPS) is 10.7. The van der Waals surface area contributed by atoms with Crippen LogP contribution < -0.4 is 10.1 Å². The molecule has 0 atom stereocenters. The first-order valence-electron chi connectivity index (χ1n) is 7.45. The van der Waals surface area contributed by atoms with Crippen molar-refractivity contribution in [1.82, 2.24) is 9.97 Å². The topological polar surface area (TPSA) is 47.0 Å². The molecule has 0 saturated carbocycles. The molecule has 1 N–H and O–H groups in total. The lowest BCUT2D eigenvalue weighted by Gasteiger charge is -2.12. The van der Waals surface area contributed by atoms with Gasteiger partial charge in [-0.2, -0.15) is 0 Å². The Labute approximate surface area is 126 Å². The van der Waals surface area contributed by atoms with Gasteiger partial charge in [-0.1, -0.05) is 19.1 Å². The number of aromatic nitrogens is 2. The van der Waals surface area contributed by atoms with Crippen LogP contribution in [0.5, 0.6) is 5.75 Å². The van der Waals surface area contributed by atoms with Gasteiger partial charge in [0, 0.05) is 18.2 Å². The second-order valence-corrected chi connectivity index (χ2v) is 5.31. The predicted octanol–water partition coefficient (Wildman–Crippen LogP) is 4.06. The van der Waals surface area contributed by atoms with Crippen LogP contribution in [0.3, 0.4) is 0 Å². The number of anilines is 1. The largest absolute Gasteiger partial charge is 0.491 e. The fourth-order valence-corrected chi connectivity index (χ4v) is 2.06. The molecule has 0 unspecified atom stereocenters. The van der Waals surface area contributed by atoms with E-state index in [1.807, 2.05) is 51.1 Å². The molecule has 21 heavy (non-hydrogen) atoms. The van der Waals surface area contributed by atoms with Gasteiger partial charge in [0.25, 0.3) is 0 Å². The summed E-state index contributed by atoms with van der Waals surface area (Å²) >= 11 is 0. The average molecular weight is 285 g/mol. The molecule has 1 heterocycles. The zero-order chi connectivity index (χ0) is 15.2. The summed E-state index contributed by atoms with van der Waals surface area (Å²) in [5.74, 6) is 2.50. The Morgan fingerprint density at radius 3 is 2.71 bits per heavy atom. The maximum Gasteiger partial charge on any atom is 0.130 e. The summed E-state index contributed by atoms with van der Waals surface area (Å²) in [5.41, 5.74) is 1.95. The molecule has 0 amide bonds. The van der Waals surface area contributed by atoms with Crippen LogP contribution in [0.1, 0.15) is 33.0 Å². The highest BCUT2D eigenvalue weighted by Gasteiger charge is 2.06. The third kappa shape index (κ3) is 4.45. The highest BCUT2D eigenvalue weighted by molar-refractivity contribution is 5.64. The SMILES string of the molecule is CCCNc1cc(-c2cccc(OC(C)C)c2)nc(C)n1. The summed E-state index contributed by atoms with van der Waals surface area (Å²) < 4.78 is 5.74. The summed E-state index contributed by atoms with van der Waals surface area (Å²) in [6.07, 6.45) is 1.23. The molecule has 0 bridgehead atoms. The minimum atomic E-state index is 0.161. The average Bonchev–Trinajstić information content (AvgIpc) is 2.44. The van der Waals surface area contributed by atoms with Gasteiger partial charge in [0.15, 0.2) is 0 Å². The molecule has 0 aliphatic rings. The van der Waals surface area contributed by atoms with Gasteiger partial charge < -0.3 is 10.1 Å². The van der Waals surface area contributed by atoms with Crippen LogP contribution in [0.15, 0.2) is 30.3 Å². The van der Waals surface area contributed by atoms with Crippen LogP contribution in [0.25, 0.3) is 11.3 Å². The molecular formula is C17H23N3O. The molecule has 2 rings (SSSR count). The van der Waals surface area contributed by atoms with Crippen LogP contribution in [0.2, 0.25) is 0 Å². The Balaban J connectivity index is 2.30. The van der Waals surface area contributed by atoms with E-state index in [4.69, 9.17) is 4.74 Å². The lowest BCUT2D eigenvalue weighted by atomic mass is 10.1. The lowest BCUT2D eigenvalue weighted by molar-refractivity contribution is 0.242. The zero-order valence-corrected chi connectivity index (χ0v) is 13.2. The van der Waals surface area contributed by atoms with E-state index in [9.17, 15) is 0 Å². The van der Waals surface area contributed by atoms with Crippen LogP contribution in [-0.2, 0) is 0 Å². The lowest BCUT2D eigenvalue weighted by Crippen LogP contribution is -2.06. The second-order valence-electron chi connectivity index (χ2n) is 5.31. The van der Waals surface area contributed by atoms with Gasteiger partial charge in [0.1, 0.15) is 17.4 Å². The van der Waals surface area contributed by atoms with Gasteiger partial charge in [0.05, 0.1) is 11.8 Å². The van der Waals surface area contributed by atoms with Crippen molar-refractivity contribution in [3.8, 4) is 17.0 Å². The molecule has 0 aliphatic carbocycles. The number of rotatable bonds is 6. The Kier molecular flexibility index (Phi) is 5.14. The van der Waals surface area contributed by atoms with Crippen molar-refractivity contribution >= 4 is 5.82 Å². The Hall–Kier alpha value is -2.10. The number of hydrogen-bond acceptors (Lipinski definition) is 4. The van der Waals surface area contributed by atoms with E-state index < -0.39 is 0 Å². The summed E-state index contributed by atoms with van der Waals surface area (Å²) in [4.78, 5) is 8.94. The molecule has 0 fully saturated rings. The van der Waals surface area contributed by atoms with Crippen molar-refractivity contribution < 1.29 is 4.74 Å². The van der Waals surface area contributed by atoms with Crippen molar-refractivity contribution in [3.05, 3.63) is 36.2 Å². The number of aryl methyl sites for hydroxylation is 1. The predicted molar refractivity (Wildman–Crippen MR) is 86.7 cm³/mol. The highest BCUT2D eigenvalue weighted by atomic mass is 16.5. The van der Waals surface area contributed by atoms with Crippen molar-refractivity contribution in [1.29, 1.82) is 0 Å². The summed E-state index contributed by atoms with van der Waals surface area (Å²) in [6.45, 7) is 9.00. The summed E-state index contributed by atoms with van der Waals surface area (Å²) in [7, 11) is 0. The number of nitrogens with zero attached hydrogens (tertiary/aromatic N) is 2. The molecule has 0 saturated heterocycles. The van der Waals surface area contributed by atoms with Crippen LogP contribution in [-0.4, -0.2) is 22.6 Å². The number of nitrogens with one attached hydrogen (secondary N) is 1. The summed E-state index contributed by atoms with van der Waals surface area (Å²) in [5, 5.41) is 3.31. The zero-order valence-electron chi connectivity index (χ0n) is 13.2. The molecule has 0 spiro atoms. The third-order valence-corrected chi connectivity index (χ3v) is 2.90. The molecule has 2 aromatic rings. The first kappa shape index (κ1) is 15.3. The maximum absolute atomic E-state index is 5.74. The number of hydrogen-bond donors (Lipinski definition) is 1. The maximum atomic E-state index is 5.74. The van der Waals surface area contributed by atoms with Crippen molar-refractivity contribution in [3.63, 3.8) is 0 Å². The molecule has 1 aromatic carbocycles. The smallest absolute Gasteiger partial charge is 0.130 e. The van der Waals surface area contributed by atoms with Crippen LogP contribution in [0.4, 0.5) is 5.82 Å². The quantitative estimate of drug-likeness (QED) is 0.869. The van der Waals surface area contributed by atoms with Crippen molar-refractivity contribution in [2.75, 3.05) is 11.9 Å². The minimum absolute atomic E-state index is 0.161. The fourth-order valence-electron chi connectivity index (χ4n) is 2.06. The molecule has 112 valence electrons. The summed E-state index contributed by atoms with van der Waals surface area (Å²) in [6, 6.07) is 10.00. The monoisotopic (exact) mass is 285 g/mol. The number of ether oxygens (including phenoxy) is 1. The fraction of sp³-hybridized carbons (Fsp3) is 0.412. The molecule has 0 aliphatic heterocycles. The van der Waals surface area contributed by atoms with E-state index >= 15 is 0 Å². The molecule has 0 radical (unpaired) electrons. The van der Waals surface area contributed by atoms with Gasteiger partial charge >= 0.3 is 0 Å². The standard InChI is InChI=1S/C17H23N3O/c1-5-9-18-17-11-16(19-13(4)20-17)14-7-6-8-15(10-14)21-12(2)3/h6-8,10-12H,5,9H2,1-4H3,(H,18,19,20). The Morgan fingerprint density at radius 1 is 1.19 bits per heavy atom. The Morgan fingerprint density at radius 2 is 2.00 bits per heavy atom. The minimum Gasteiger partial charge on any atom is -0.491 e. The van der Waals surface area contributed by atoms with Crippen LogP contribution >= 0.6 is 0 Å². The first-order chi connectivity index (χ1) is 10.1. The van der Waals surface area contributed by atoms with Gasteiger partial charge in [0.2, 0.25) is 0 Å². The van der Waals surface area contributed by atoms with Crippen molar-refractivity contribution in [2.45, 2.75) is 40.2 Å². The molecule has 4 heteroatoms. The Bertz CT molecular complexity index is 596. The van der Waals surface area contributed by atoms with Gasteiger partial charge in [-0.3, -0.25) is 0 Å². The van der Waals surface area contributed by atoms with E-state index in [1.54, 1.807) is 0 Å². The first-order valence-corrected chi connectivity index (χ1v) is 7.45. The van der Waals surface area contributed by atoms with Gasteiger partial charge in [-0.25, -0.2) is 9.97 Å². The second kappa shape index (κ2) is 7.07. The highest BCUT2D eigenvalue weighted by Crippen LogP contribution is 2.24. The third-order valence-electron chi connectivity index (χ3n) is 2.90. The van der Waals surface area contributed by atoms with Crippen LogP contribution in [0, 0.1) is 6.92 Å². The molecule has 1 aromatic heterocycles. The van der Waals surface area contributed by atoms with E-state index in [0.29, 0.717) is 0 Å². The van der Waals surface area contributed by atoms with Gasteiger partial charge in [-0.05, 0) is 39.3 Å². The van der Waals surface area contributed by atoms with E-state index in [-0.39, 0.29) is 6.10 Å². The van der Waals surface area contributed by atoms with Crippen molar-refractivity contribution in [2.24, 2.45) is 0 Å². The van der Waals surface area contributed by atoms with E-state index in [2.05, 4.69) is 22.2 Å². The van der Waals surface area contributed by atoms with E-state index in [1.165, 1.54) is 0 Å². The molecular weight excluding hydrogens is 262 g/mol. The van der Waals surface area contributed by atoms with E-state index in [0.717, 1.165) is 41.6 Å².